The maximum atomic E-state index is 12.6. The van der Waals surface area contributed by atoms with E-state index in [1.54, 1.807) is 11.4 Å². The Labute approximate surface area is 184 Å². The minimum Gasteiger partial charge on any atom is -0.298 e. The minimum atomic E-state index is -3.70. The van der Waals surface area contributed by atoms with Crippen molar-refractivity contribution >= 4 is 78.5 Å². The van der Waals surface area contributed by atoms with Crippen LogP contribution in [0.5, 0.6) is 0 Å². The Morgan fingerprint density at radius 3 is 2.50 bits per heavy atom. The number of sulfonamides is 1. The average molecular weight is 497 g/mol. The Kier molecular flexibility index (Phi) is 6.35. The van der Waals surface area contributed by atoms with Gasteiger partial charge in [-0.25, -0.2) is 17.7 Å². The number of amides is 1. The zero-order chi connectivity index (χ0) is 20.6. The van der Waals surface area contributed by atoms with Crippen molar-refractivity contribution in [3.05, 3.63) is 48.9 Å². The summed E-state index contributed by atoms with van der Waals surface area (Å²) in [6, 6.07) is 5.64. The molecular weight excluding hydrogens is 485 g/mol. The fraction of sp³-hybridized carbons (Fsp3) is 0.125. The fourth-order valence-electron chi connectivity index (χ4n) is 2.18. The second-order valence-electron chi connectivity index (χ2n) is 5.66. The van der Waals surface area contributed by atoms with Gasteiger partial charge in [0, 0.05) is 25.0 Å². The number of thiophene rings is 1. The van der Waals surface area contributed by atoms with Crippen molar-refractivity contribution in [1.29, 1.82) is 0 Å². The second kappa shape index (κ2) is 8.27. The highest BCUT2D eigenvalue weighted by atomic mass is 35.5. The Balaban J connectivity index is 1.87. The molecule has 0 spiro atoms. The SMILES string of the molecule is CN(C)S(=O)(=O)c1ccc(Cl)c(C(=O)Nc2nc(-c3cc(Cl)sc3Cl)cs2)c1. The van der Waals surface area contributed by atoms with E-state index in [-0.39, 0.29) is 15.5 Å². The molecule has 0 aliphatic carbocycles. The lowest BCUT2D eigenvalue weighted by Gasteiger charge is -2.13. The summed E-state index contributed by atoms with van der Waals surface area (Å²) in [7, 11) is -0.890. The first-order valence-electron chi connectivity index (χ1n) is 7.53. The number of hydrogen-bond donors (Lipinski definition) is 1. The molecule has 0 unspecified atom stereocenters. The van der Waals surface area contributed by atoms with Gasteiger partial charge in [-0.2, -0.15) is 0 Å². The van der Waals surface area contributed by atoms with E-state index in [0.717, 1.165) is 4.31 Å². The van der Waals surface area contributed by atoms with E-state index in [1.807, 2.05) is 0 Å². The van der Waals surface area contributed by atoms with Crippen LogP contribution >= 0.6 is 57.5 Å². The molecule has 0 radical (unpaired) electrons. The molecule has 1 aromatic carbocycles. The van der Waals surface area contributed by atoms with Crippen LogP contribution in [0.1, 0.15) is 10.4 Å². The molecule has 2 heterocycles. The highest BCUT2D eigenvalue weighted by Gasteiger charge is 2.21. The van der Waals surface area contributed by atoms with Gasteiger partial charge in [-0.3, -0.25) is 10.1 Å². The van der Waals surface area contributed by atoms with E-state index in [2.05, 4.69) is 10.3 Å². The summed E-state index contributed by atoms with van der Waals surface area (Å²) in [4.78, 5) is 16.9. The summed E-state index contributed by atoms with van der Waals surface area (Å²) >= 11 is 20.6. The third-order valence-corrected chi connectivity index (χ3v) is 8.00. The van der Waals surface area contributed by atoms with Crippen LogP contribution < -0.4 is 5.32 Å². The molecule has 12 heteroatoms. The lowest BCUT2D eigenvalue weighted by molar-refractivity contribution is 0.102. The van der Waals surface area contributed by atoms with Crippen LogP contribution in [0.15, 0.2) is 34.5 Å². The molecule has 3 aromatic rings. The number of thiazole rings is 1. The molecule has 0 aliphatic rings. The number of benzene rings is 1. The highest BCUT2D eigenvalue weighted by molar-refractivity contribution is 7.89. The minimum absolute atomic E-state index is 0.0259. The topological polar surface area (TPSA) is 79.4 Å². The van der Waals surface area contributed by atoms with Crippen LogP contribution in [0.4, 0.5) is 5.13 Å². The number of aromatic nitrogens is 1. The Morgan fingerprint density at radius 2 is 1.89 bits per heavy atom. The van der Waals surface area contributed by atoms with Crippen molar-refractivity contribution in [2.45, 2.75) is 4.90 Å². The molecule has 1 N–H and O–H groups in total. The standard InChI is InChI=1S/C16H12Cl3N3O3S3/c1-22(2)28(24,25)8-3-4-11(17)9(5-8)15(23)21-16-20-12(7-26-16)10-6-13(18)27-14(10)19/h3-7H,1-2H3,(H,20,21,23). The van der Waals surface area contributed by atoms with Gasteiger partial charge < -0.3 is 0 Å². The van der Waals surface area contributed by atoms with Gasteiger partial charge >= 0.3 is 0 Å². The quantitative estimate of drug-likeness (QED) is 0.517. The van der Waals surface area contributed by atoms with Crippen molar-refractivity contribution in [3.63, 3.8) is 0 Å². The predicted molar refractivity (Wildman–Crippen MR) is 116 cm³/mol. The maximum absolute atomic E-state index is 12.6. The number of hydrogen-bond acceptors (Lipinski definition) is 6. The van der Waals surface area contributed by atoms with Crippen molar-refractivity contribution in [1.82, 2.24) is 9.29 Å². The van der Waals surface area contributed by atoms with Crippen LogP contribution in [0.3, 0.4) is 0 Å². The van der Waals surface area contributed by atoms with E-state index in [1.165, 1.54) is 55.0 Å². The van der Waals surface area contributed by atoms with E-state index in [0.29, 0.717) is 25.1 Å². The molecule has 148 valence electrons. The number of halogens is 3. The summed E-state index contributed by atoms with van der Waals surface area (Å²) in [5.41, 5.74) is 1.27. The Bertz CT molecular complexity index is 1160. The van der Waals surface area contributed by atoms with Crippen molar-refractivity contribution in [2.75, 3.05) is 19.4 Å². The van der Waals surface area contributed by atoms with Gasteiger partial charge in [0.2, 0.25) is 10.0 Å². The number of rotatable bonds is 5. The fourth-order valence-corrected chi connectivity index (χ4v) is 5.50. The summed E-state index contributed by atoms with van der Waals surface area (Å²) in [5, 5.41) is 4.80. The van der Waals surface area contributed by atoms with Crippen LogP contribution in [-0.2, 0) is 10.0 Å². The molecule has 0 fully saturated rings. The van der Waals surface area contributed by atoms with E-state index in [4.69, 9.17) is 34.8 Å². The third kappa shape index (κ3) is 4.35. The zero-order valence-electron chi connectivity index (χ0n) is 14.4. The van der Waals surface area contributed by atoms with Gasteiger partial charge in [0.25, 0.3) is 5.91 Å². The smallest absolute Gasteiger partial charge is 0.259 e. The van der Waals surface area contributed by atoms with Gasteiger partial charge in [-0.1, -0.05) is 34.8 Å². The molecule has 1 amide bonds. The van der Waals surface area contributed by atoms with E-state index in [9.17, 15) is 13.2 Å². The molecule has 28 heavy (non-hydrogen) atoms. The first-order chi connectivity index (χ1) is 13.1. The first-order valence-corrected chi connectivity index (χ1v) is 11.8. The number of anilines is 1. The monoisotopic (exact) mass is 495 g/mol. The molecule has 2 aromatic heterocycles. The van der Waals surface area contributed by atoms with Crippen molar-refractivity contribution in [2.24, 2.45) is 0 Å². The van der Waals surface area contributed by atoms with Gasteiger partial charge in [0.05, 0.1) is 25.5 Å². The molecule has 0 saturated carbocycles. The third-order valence-electron chi connectivity index (χ3n) is 3.62. The van der Waals surface area contributed by atoms with E-state index < -0.39 is 15.9 Å². The molecule has 6 nitrogen and oxygen atoms in total. The molecule has 0 saturated heterocycles. The van der Waals surface area contributed by atoms with Crippen LogP contribution in [0.2, 0.25) is 13.7 Å². The zero-order valence-corrected chi connectivity index (χ0v) is 19.1. The molecular formula is C16H12Cl3N3O3S3. The molecule has 0 bridgehead atoms. The number of nitrogens with one attached hydrogen (secondary N) is 1. The number of carbonyl (C=O) groups is 1. The summed E-state index contributed by atoms with van der Waals surface area (Å²) in [6.45, 7) is 0. The van der Waals surface area contributed by atoms with Gasteiger partial charge in [0.15, 0.2) is 5.13 Å². The van der Waals surface area contributed by atoms with Crippen LogP contribution in [0, 0.1) is 0 Å². The summed E-state index contributed by atoms with van der Waals surface area (Å²) in [6.07, 6.45) is 0. The maximum Gasteiger partial charge on any atom is 0.259 e. The molecule has 0 aliphatic heterocycles. The summed E-state index contributed by atoms with van der Waals surface area (Å²) < 4.78 is 26.7. The number of nitrogens with zero attached hydrogens (tertiary/aromatic N) is 2. The molecule has 3 rings (SSSR count). The Morgan fingerprint density at radius 1 is 1.18 bits per heavy atom. The second-order valence-corrected chi connectivity index (χ2v) is 11.4. The molecule has 0 atom stereocenters. The van der Waals surface area contributed by atoms with E-state index >= 15 is 0 Å². The highest BCUT2D eigenvalue weighted by Crippen LogP contribution is 2.39. The predicted octanol–water partition coefficient (Wildman–Crippen LogP) is 5.33. The average Bonchev–Trinajstić information content (AvgIpc) is 3.20. The van der Waals surface area contributed by atoms with Crippen LogP contribution in [0.25, 0.3) is 11.3 Å². The number of carbonyl (C=O) groups excluding carboxylic acids is 1. The van der Waals surface area contributed by atoms with Crippen molar-refractivity contribution in [3.8, 4) is 11.3 Å². The lowest BCUT2D eigenvalue weighted by Crippen LogP contribution is -2.23. The van der Waals surface area contributed by atoms with Crippen LogP contribution in [-0.4, -0.2) is 37.7 Å². The Hall–Kier alpha value is -1.20. The summed E-state index contributed by atoms with van der Waals surface area (Å²) in [5.74, 6) is -0.573. The lowest BCUT2D eigenvalue weighted by atomic mass is 10.2. The normalized spacial score (nSPS) is 11.8. The van der Waals surface area contributed by atoms with Crippen molar-refractivity contribution < 1.29 is 13.2 Å². The van der Waals surface area contributed by atoms with Gasteiger partial charge in [-0.05, 0) is 24.3 Å². The van der Waals surface area contributed by atoms with Gasteiger partial charge in [0.1, 0.15) is 4.34 Å². The van der Waals surface area contributed by atoms with Gasteiger partial charge in [-0.15, -0.1) is 22.7 Å². The largest absolute Gasteiger partial charge is 0.298 e. The first kappa shape index (κ1) is 21.5.